The van der Waals surface area contributed by atoms with Crippen LogP contribution in [0.25, 0.3) is 17.3 Å². The first-order valence-electron chi connectivity index (χ1n) is 12.6. The number of aromatic nitrogens is 6. The minimum Gasteiger partial charge on any atom is -0.383 e. The van der Waals surface area contributed by atoms with Gasteiger partial charge in [-0.25, -0.2) is 14.6 Å². The van der Waals surface area contributed by atoms with Crippen LogP contribution in [0.4, 0.5) is 0 Å². The smallest absolute Gasteiger partial charge is 0.227 e. The number of piperidine rings is 1. The number of nitrogens with zero attached hydrogens (tertiary/aromatic N) is 7. The van der Waals surface area contributed by atoms with E-state index < -0.39 is 5.60 Å². The average molecular weight is 500 g/mol. The van der Waals surface area contributed by atoms with Gasteiger partial charge in [-0.2, -0.15) is 5.10 Å². The van der Waals surface area contributed by atoms with Gasteiger partial charge in [0.05, 0.1) is 12.1 Å². The zero-order valence-electron chi connectivity index (χ0n) is 21.8. The Balaban J connectivity index is 1.22. The van der Waals surface area contributed by atoms with Crippen LogP contribution in [0.2, 0.25) is 0 Å². The highest BCUT2D eigenvalue weighted by Crippen LogP contribution is 2.34. The summed E-state index contributed by atoms with van der Waals surface area (Å²) in [5.74, 6) is 1.45. The van der Waals surface area contributed by atoms with Crippen LogP contribution in [-0.2, 0) is 29.3 Å². The van der Waals surface area contributed by atoms with Crippen LogP contribution in [0.1, 0.15) is 50.4 Å². The molecule has 0 spiro atoms. The molecule has 1 fully saturated rings. The summed E-state index contributed by atoms with van der Waals surface area (Å²) in [5, 5.41) is 15.6. The minimum absolute atomic E-state index is 0.0269. The first kappa shape index (κ1) is 24.8. The van der Waals surface area contributed by atoms with Crippen LogP contribution in [0.5, 0.6) is 0 Å². The zero-order chi connectivity index (χ0) is 26.2. The minimum atomic E-state index is -1.08. The van der Waals surface area contributed by atoms with Crippen molar-refractivity contribution in [1.82, 2.24) is 34.2 Å². The summed E-state index contributed by atoms with van der Waals surface area (Å²) in [7, 11) is 1.92. The number of imidazole rings is 1. The molecule has 1 aliphatic heterocycles. The molecule has 192 valence electrons. The SMILES string of the molecule is Cn1cc(C2(O)CCN(C(=O)Cc3ccc(-n4cccn4)nc3)CC2)nc1-c1ccc(C(C)(C)C)cn1. The highest BCUT2D eigenvalue weighted by atomic mass is 16.3. The molecule has 0 unspecified atom stereocenters. The Morgan fingerprint density at radius 1 is 1.08 bits per heavy atom. The highest BCUT2D eigenvalue weighted by Gasteiger charge is 2.38. The van der Waals surface area contributed by atoms with E-state index in [9.17, 15) is 9.90 Å². The Hall–Kier alpha value is -3.85. The molecule has 9 heteroatoms. The predicted octanol–water partition coefficient (Wildman–Crippen LogP) is 3.41. The van der Waals surface area contributed by atoms with E-state index in [4.69, 9.17) is 4.98 Å². The van der Waals surface area contributed by atoms with Crippen LogP contribution in [-0.4, -0.2) is 58.3 Å². The number of pyridine rings is 2. The lowest BCUT2D eigenvalue weighted by molar-refractivity contribution is -0.135. The lowest BCUT2D eigenvalue weighted by Crippen LogP contribution is -2.45. The number of hydrogen-bond acceptors (Lipinski definition) is 6. The van der Waals surface area contributed by atoms with E-state index in [-0.39, 0.29) is 17.7 Å². The van der Waals surface area contributed by atoms with Crippen LogP contribution in [0.15, 0.2) is 61.3 Å². The number of rotatable bonds is 5. The average Bonchev–Trinajstić information content (AvgIpc) is 3.55. The van der Waals surface area contributed by atoms with Crippen molar-refractivity contribution in [3.05, 3.63) is 78.1 Å². The van der Waals surface area contributed by atoms with E-state index in [0.29, 0.717) is 43.3 Å². The molecule has 9 nitrogen and oxygen atoms in total. The van der Waals surface area contributed by atoms with Crippen molar-refractivity contribution in [2.24, 2.45) is 7.05 Å². The number of carbonyl (C=O) groups excluding carboxylic acids is 1. The van der Waals surface area contributed by atoms with Gasteiger partial charge in [-0.05, 0) is 47.6 Å². The summed E-state index contributed by atoms with van der Waals surface area (Å²) in [6.07, 6.45) is 10.1. The maximum atomic E-state index is 12.9. The Bertz CT molecular complexity index is 1360. The predicted molar refractivity (Wildman–Crippen MR) is 140 cm³/mol. The fourth-order valence-electron chi connectivity index (χ4n) is 4.63. The van der Waals surface area contributed by atoms with E-state index in [1.807, 2.05) is 59.4 Å². The number of amides is 1. The molecule has 37 heavy (non-hydrogen) atoms. The van der Waals surface area contributed by atoms with Gasteiger partial charge >= 0.3 is 0 Å². The molecule has 0 atom stereocenters. The Labute approximate surface area is 216 Å². The van der Waals surface area contributed by atoms with Crippen molar-refractivity contribution < 1.29 is 9.90 Å². The van der Waals surface area contributed by atoms with Crippen molar-refractivity contribution in [3.8, 4) is 17.3 Å². The van der Waals surface area contributed by atoms with Crippen LogP contribution in [0, 0.1) is 0 Å². The van der Waals surface area contributed by atoms with E-state index in [1.54, 1.807) is 17.1 Å². The topological polar surface area (TPSA) is 102 Å². The first-order valence-corrected chi connectivity index (χ1v) is 12.6. The molecule has 0 aromatic carbocycles. The Morgan fingerprint density at radius 3 is 2.46 bits per heavy atom. The van der Waals surface area contributed by atoms with Gasteiger partial charge in [0, 0.05) is 51.1 Å². The lowest BCUT2D eigenvalue weighted by Gasteiger charge is -2.37. The summed E-state index contributed by atoms with van der Waals surface area (Å²) >= 11 is 0. The van der Waals surface area contributed by atoms with Gasteiger partial charge in [0.15, 0.2) is 11.6 Å². The second kappa shape index (κ2) is 9.55. The van der Waals surface area contributed by atoms with Gasteiger partial charge < -0.3 is 14.6 Å². The number of hydrogen-bond donors (Lipinski definition) is 1. The molecule has 5 heterocycles. The Morgan fingerprint density at radius 2 is 1.86 bits per heavy atom. The van der Waals surface area contributed by atoms with Gasteiger partial charge in [-0.3, -0.25) is 9.78 Å². The van der Waals surface area contributed by atoms with Crippen molar-refractivity contribution in [1.29, 1.82) is 0 Å². The van der Waals surface area contributed by atoms with Gasteiger partial charge in [-0.1, -0.05) is 32.9 Å². The summed E-state index contributed by atoms with van der Waals surface area (Å²) in [4.78, 5) is 28.6. The first-order chi connectivity index (χ1) is 17.6. The third-order valence-corrected chi connectivity index (χ3v) is 7.06. The molecule has 1 saturated heterocycles. The van der Waals surface area contributed by atoms with Crippen molar-refractivity contribution in [2.45, 2.75) is 51.0 Å². The summed E-state index contributed by atoms with van der Waals surface area (Å²) in [6.45, 7) is 7.41. The largest absolute Gasteiger partial charge is 0.383 e. The number of aliphatic hydroxyl groups is 1. The molecular formula is C28H33N7O2. The maximum Gasteiger partial charge on any atom is 0.227 e. The zero-order valence-corrected chi connectivity index (χ0v) is 21.8. The second-order valence-corrected chi connectivity index (χ2v) is 10.8. The van der Waals surface area contributed by atoms with Gasteiger partial charge in [0.1, 0.15) is 11.3 Å². The van der Waals surface area contributed by atoms with Crippen molar-refractivity contribution in [2.75, 3.05) is 13.1 Å². The monoisotopic (exact) mass is 499 g/mol. The van der Waals surface area contributed by atoms with Crippen LogP contribution >= 0.6 is 0 Å². The van der Waals surface area contributed by atoms with Gasteiger partial charge in [-0.15, -0.1) is 0 Å². The van der Waals surface area contributed by atoms with Crippen molar-refractivity contribution >= 4 is 5.91 Å². The molecular weight excluding hydrogens is 466 g/mol. The lowest BCUT2D eigenvalue weighted by atomic mass is 9.88. The molecule has 1 N–H and O–H groups in total. The second-order valence-electron chi connectivity index (χ2n) is 10.8. The normalized spacial score (nSPS) is 15.6. The standard InChI is InChI=1S/C28H33N7O2/c1-27(2,3)21-7-8-22(29-18-21)26-32-23(19-33(26)4)28(37)10-14-34(15-11-28)25(36)16-20-6-9-24(30-17-20)35-13-5-12-31-35/h5-9,12-13,17-19,37H,10-11,14-16H2,1-4H3. The number of aryl methyl sites for hydroxylation is 1. The fraction of sp³-hybridized carbons (Fsp3) is 0.393. The summed E-state index contributed by atoms with van der Waals surface area (Å²) < 4.78 is 3.58. The molecule has 1 amide bonds. The number of carbonyl (C=O) groups is 1. The van der Waals surface area contributed by atoms with Crippen molar-refractivity contribution in [3.63, 3.8) is 0 Å². The molecule has 0 bridgehead atoms. The summed E-state index contributed by atoms with van der Waals surface area (Å²) in [6, 6.07) is 9.66. The summed E-state index contributed by atoms with van der Waals surface area (Å²) in [5.41, 5.74) is 2.35. The Kier molecular flexibility index (Phi) is 6.41. The molecule has 4 aromatic heterocycles. The third kappa shape index (κ3) is 5.17. The molecule has 5 rings (SSSR count). The highest BCUT2D eigenvalue weighted by molar-refractivity contribution is 5.78. The fourth-order valence-corrected chi connectivity index (χ4v) is 4.63. The third-order valence-electron chi connectivity index (χ3n) is 7.06. The molecule has 0 saturated carbocycles. The molecule has 1 aliphatic rings. The van der Waals surface area contributed by atoms with Crippen LogP contribution < -0.4 is 0 Å². The number of likely N-dealkylation sites (tertiary alicyclic amines) is 1. The van der Waals surface area contributed by atoms with Gasteiger partial charge in [0.2, 0.25) is 5.91 Å². The van der Waals surface area contributed by atoms with Gasteiger partial charge in [0.25, 0.3) is 0 Å². The molecule has 0 radical (unpaired) electrons. The van der Waals surface area contributed by atoms with E-state index >= 15 is 0 Å². The maximum absolute atomic E-state index is 12.9. The van der Waals surface area contributed by atoms with E-state index in [0.717, 1.165) is 16.8 Å². The van der Waals surface area contributed by atoms with E-state index in [2.05, 4.69) is 41.9 Å². The van der Waals surface area contributed by atoms with Crippen LogP contribution in [0.3, 0.4) is 0 Å². The molecule has 0 aliphatic carbocycles. The molecule has 4 aromatic rings. The van der Waals surface area contributed by atoms with E-state index in [1.165, 1.54) is 0 Å². The quantitative estimate of drug-likeness (QED) is 0.452.